The van der Waals surface area contributed by atoms with Crippen LogP contribution in [0.5, 0.6) is 0 Å². The number of hydrogen-bond acceptors (Lipinski definition) is 4. The van der Waals surface area contributed by atoms with E-state index >= 15 is 0 Å². The Bertz CT molecular complexity index is 1060. The fourth-order valence-corrected chi connectivity index (χ4v) is 3.32. The van der Waals surface area contributed by atoms with Crippen molar-refractivity contribution in [2.45, 2.75) is 47.2 Å². The molecule has 0 atom stereocenters. The van der Waals surface area contributed by atoms with Gasteiger partial charge in [0.25, 0.3) is 5.56 Å². The number of nitrogens with zero attached hydrogens (tertiary/aromatic N) is 4. The van der Waals surface area contributed by atoms with Crippen LogP contribution < -0.4 is 5.56 Å². The van der Waals surface area contributed by atoms with Crippen LogP contribution in [-0.4, -0.2) is 37.6 Å². The molecule has 1 amide bonds. The van der Waals surface area contributed by atoms with Gasteiger partial charge >= 0.3 is 0 Å². The highest BCUT2D eigenvalue weighted by Crippen LogP contribution is 2.16. The molecule has 2 aromatic heterocycles. The number of H-pyrrole nitrogens is 1. The molecule has 0 aliphatic heterocycles. The lowest BCUT2D eigenvalue weighted by Gasteiger charge is -2.17. The number of aryl methyl sites for hydroxylation is 1. The fourth-order valence-electron chi connectivity index (χ4n) is 3.32. The summed E-state index contributed by atoms with van der Waals surface area (Å²) in [5, 5.41) is 5.12. The highest BCUT2D eigenvalue weighted by atomic mass is 16.2. The third-order valence-corrected chi connectivity index (χ3v) is 4.87. The minimum Gasteiger partial charge on any atom is -0.338 e. The lowest BCUT2D eigenvalue weighted by Crippen LogP contribution is -2.30. The van der Waals surface area contributed by atoms with Crippen molar-refractivity contribution in [2.75, 3.05) is 7.05 Å². The maximum absolute atomic E-state index is 12.8. The van der Waals surface area contributed by atoms with Crippen LogP contribution in [0.25, 0.3) is 10.9 Å². The van der Waals surface area contributed by atoms with Crippen LogP contribution in [0.3, 0.4) is 0 Å². The smallest absolute Gasteiger partial charge is 0.258 e. The number of likely N-dealkylation sites (N-methyl/N-ethyl adjacent to an activating group) is 1. The van der Waals surface area contributed by atoms with Crippen LogP contribution in [0.1, 0.15) is 36.6 Å². The van der Waals surface area contributed by atoms with Gasteiger partial charge in [-0.15, -0.1) is 0 Å². The molecule has 2 heterocycles. The van der Waals surface area contributed by atoms with Crippen LogP contribution in [-0.2, 0) is 24.3 Å². The molecule has 0 unspecified atom stereocenters. The average molecular weight is 381 g/mol. The number of nitrogens with one attached hydrogen (secondary N) is 1. The molecule has 0 bridgehead atoms. The summed E-state index contributed by atoms with van der Waals surface area (Å²) in [6.07, 6.45) is 0.282. The first-order valence-corrected chi connectivity index (χ1v) is 9.51. The molecular formula is C21H27N5O2. The predicted molar refractivity (Wildman–Crippen MR) is 109 cm³/mol. The molecule has 1 aromatic carbocycles. The van der Waals surface area contributed by atoms with Crippen molar-refractivity contribution in [3.8, 4) is 0 Å². The Balaban J connectivity index is 1.75. The minimum absolute atomic E-state index is 0.0360. The van der Waals surface area contributed by atoms with Crippen molar-refractivity contribution < 1.29 is 4.79 Å². The zero-order chi connectivity index (χ0) is 20.4. The Morgan fingerprint density at radius 3 is 2.68 bits per heavy atom. The zero-order valence-corrected chi connectivity index (χ0v) is 17.1. The molecule has 3 aromatic rings. The third-order valence-electron chi connectivity index (χ3n) is 4.87. The van der Waals surface area contributed by atoms with Crippen LogP contribution >= 0.6 is 0 Å². The van der Waals surface area contributed by atoms with Crippen molar-refractivity contribution in [1.29, 1.82) is 0 Å². The van der Waals surface area contributed by atoms with Gasteiger partial charge in [0, 0.05) is 24.8 Å². The maximum atomic E-state index is 12.8. The Morgan fingerprint density at radius 1 is 1.25 bits per heavy atom. The number of aromatic amines is 1. The highest BCUT2D eigenvalue weighted by molar-refractivity contribution is 5.79. The number of rotatable bonds is 6. The fraction of sp³-hybridized carbons (Fsp3) is 0.429. The van der Waals surface area contributed by atoms with E-state index in [2.05, 4.69) is 28.9 Å². The second kappa shape index (κ2) is 7.96. The average Bonchev–Trinajstić information content (AvgIpc) is 2.88. The lowest BCUT2D eigenvalue weighted by molar-refractivity contribution is -0.129. The van der Waals surface area contributed by atoms with E-state index in [4.69, 9.17) is 0 Å². The van der Waals surface area contributed by atoms with Crippen molar-refractivity contribution in [3.63, 3.8) is 0 Å². The number of hydrogen-bond donors (Lipinski definition) is 1. The summed E-state index contributed by atoms with van der Waals surface area (Å²) in [6, 6.07) is 7.18. The van der Waals surface area contributed by atoms with Crippen molar-refractivity contribution in [1.82, 2.24) is 24.6 Å². The van der Waals surface area contributed by atoms with E-state index in [0.717, 1.165) is 23.5 Å². The largest absolute Gasteiger partial charge is 0.338 e. The summed E-state index contributed by atoms with van der Waals surface area (Å²) in [5.41, 5.74) is 3.33. The molecule has 0 spiro atoms. The molecule has 0 fully saturated rings. The number of carbonyl (C=O) groups is 1. The molecule has 0 radical (unpaired) electrons. The van der Waals surface area contributed by atoms with E-state index in [1.807, 2.05) is 24.6 Å². The van der Waals surface area contributed by atoms with Gasteiger partial charge in [0.05, 0.1) is 29.6 Å². The Labute approximate surface area is 164 Å². The van der Waals surface area contributed by atoms with Crippen molar-refractivity contribution in [3.05, 3.63) is 57.4 Å². The molecule has 1 N–H and O–H groups in total. The summed E-state index contributed by atoms with van der Waals surface area (Å²) in [5.74, 6) is 0.926. The van der Waals surface area contributed by atoms with E-state index in [-0.39, 0.29) is 24.4 Å². The van der Waals surface area contributed by atoms with Gasteiger partial charge in [0.15, 0.2) is 0 Å². The lowest BCUT2D eigenvalue weighted by atomic mass is 10.1. The van der Waals surface area contributed by atoms with Crippen LogP contribution in [0.15, 0.2) is 29.1 Å². The number of aromatic nitrogens is 4. The number of carbonyl (C=O) groups excluding carboxylic acids is 1. The molecule has 0 aliphatic rings. The van der Waals surface area contributed by atoms with Gasteiger partial charge in [-0.05, 0) is 31.9 Å². The maximum Gasteiger partial charge on any atom is 0.258 e. The number of fused-ring (bicyclic) bond motifs is 1. The summed E-state index contributed by atoms with van der Waals surface area (Å²) in [7, 11) is 1.72. The second-order valence-electron chi connectivity index (χ2n) is 7.68. The summed E-state index contributed by atoms with van der Waals surface area (Å²) < 4.78 is 1.98. The molecule has 3 rings (SSSR count). The van der Waals surface area contributed by atoms with E-state index in [1.54, 1.807) is 30.1 Å². The predicted octanol–water partition coefficient (Wildman–Crippen LogP) is 2.59. The van der Waals surface area contributed by atoms with E-state index in [1.165, 1.54) is 0 Å². The van der Waals surface area contributed by atoms with Crippen LogP contribution in [0.4, 0.5) is 0 Å². The Morgan fingerprint density at radius 2 is 1.96 bits per heavy atom. The molecule has 0 aliphatic carbocycles. The Kier molecular flexibility index (Phi) is 5.63. The topological polar surface area (TPSA) is 83.9 Å². The van der Waals surface area contributed by atoms with Crippen molar-refractivity contribution in [2.24, 2.45) is 5.92 Å². The minimum atomic E-state index is -0.192. The van der Waals surface area contributed by atoms with Gasteiger partial charge < -0.3 is 9.88 Å². The summed E-state index contributed by atoms with van der Waals surface area (Å²) in [4.78, 5) is 33.8. The van der Waals surface area contributed by atoms with Gasteiger partial charge in [-0.2, -0.15) is 5.10 Å². The number of benzene rings is 1. The second-order valence-corrected chi connectivity index (χ2v) is 7.68. The first-order valence-electron chi connectivity index (χ1n) is 9.51. The zero-order valence-electron chi connectivity index (χ0n) is 17.1. The normalized spacial score (nSPS) is 11.4. The Hall–Kier alpha value is -2.96. The standard InChI is InChI=1S/C21H27N5O2/c1-13(2)11-26-15(4)17(14(3)24-26)10-20(27)25(5)12-19-22-18-9-7-6-8-16(18)21(28)23-19/h6-9,13H,10-12H2,1-5H3,(H,22,23,28). The summed E-state index contributed by atoms with van der Waals surface area (Å²) in [6.45, 7) is 9.32. The first-order chi connectivity index (χ1) is 13.3. The van der Waals surface area contributed by atoms with Gasteiger partial charge in [0.1, 0.15) is 5.82 Å². The first kappa shape index (κ1) is 19.8. The van der Waals surface area contributed by atoms with Gasteiger partial charge in [-0.1, -0.05) is 26.0 Å². The van der Waals surface area contributed by atoms with Gasteiger partial charge in [-0.3, -0.25) is 14.3 Å². The molecule has 148 valence electrons. The monoisotopic (exact) mass is 381 g/mol. The molecule has 28 heavy (non-hydrogen) atoms. The van der Waals surface area contributed by atoms with Gasteiger partial charge in [0.2, 0.25) is 5.91 Å². The number of para-hydroxylation sites is 1. The van der Waals surface area contributed by atoms with E-state index in [9.17, 15) is 9.59 Å². The molecule has 0 saturated heterocycles. The van der Waals surface area contributed by atoms with Crippen molar-refractivity contribution >= 4 is 16.8 Å². The number of amides is 1. The molecular weight excluding hydrogens is 354 g/mol. The third kappa shape index (κ3) is 4.13. The molecule has 7 nitrogen and oxygen atoms in total. The molecule has 7 heteroatoms. The summed E-state index contributed by atoms with van der Waals surface area (Å²) >= 11 is 0. The van der Waals surface area contributed by atoms with E-state index in [0.29, 0.717) is 22.6 Å². The highest BCUT2D eigenvalue weighted by Gasteiger charge is 2.18. The van der Waals surface area contributed by atoms with Gasteiger partial charge in [-0.25, -0.2) is 4.98 Å². The molecule has 0 saturated carbocycles. The quantitative estimate of drug-likeness (QED) is 0.711. The SMILES string of the molecule is Cc1nn(CC(C)C)c(C)c1CC(=O)N(C)Cc1nc2ccccc2c(=O)[nH]1. The van der Waals surface area contributed by atoms with E-state index < -0.39 is 0 Å². The van der Waals surface area contributed by atoms with Crippen LogP contribution in [0, 0.1) is 19.8 Å². The van der Waals surface area contributed by atoms with Crippen LogP contribution in [0.2, 0.25) is 0 Å².